The van der Waals surface area contributed by atoms with Gasteiger partial charge in [0.1, 0.15) is 5.82 Å². The molecule has 0 aliphatic carbocycles. The smallest absolute Gasteiger partial charge is 0.337 e. The zero-order valence-corrected chi connectivity index (χ0v) is 21.5. The molecule has 3 heterocycles. The van der Waals surface area contributed by atoms with Gasteiger partial charge < -0.3 is 13.7 Å². The fourth-order valence-electron chi connectivity index (χ4n) is 4.28. The number of hydrogen-bond acceptors (Lipinski definition) is 8. The number of likely N-dealkylation sites (N-methyl/N-ethyl adjacent to an activating group) is 1. The molecule has 188 valence electrons. The molecule has 1 fully saturated rings. The minimum atomic E-state index is -4.36. The summed E-state index contributed by atoms with van der Waals surface area (Å²) < 4.78 is 53.8. The van der Waals surface area contributed by atoms with Crippen LogP contribution in [0.4, 0.5) is 4.39 Å². The van der Waals surface area contributed by atoms with Crippen molar-refractivity contribution in [1.29, 1.82) is 0 Å². The Kier molecular flexibility index (Phi) is 6.45. The zero-order chi connectivity index (χ0) is 25.6. The lowest BCUT2D eigenvalue weighted by Gasteiger charge is -2.32. The number of nitrogens with zero attached hydrogens (tertiary/aromatic N) is 3. The second kappa shape index (κ2) is 9.43. The lowest BCUT2D eigenvalue weighted by atomic mass is 10.1. The average molecular weight is 578 g/mol. The van der Waals surface area contributed by atoms with Gasteiger partial charge in [0.25, 0.3) is 10.0 Å². The van der Waals surface area contributed by atoms with Gasteiger partial charge in [-0.05, 0) is 59.4 Å². The largest absolute Gasteiger partial charge is 0.421 e. The lowest BCUT2D eigenvalue weighted by Crippen LogP contribution is -2.43. The molecule has 1 aliphatic heterocycles. The Morgan fingerprint density at radius 2 is 1.56 bits per heavy atom. The van der Waals surface area contributed by atoms with Crippen molar-refractivity contribution in [3.8, 4) is 0 Å². The van der Waals surface area contributed by atoms with Crippen molar-refractivity contribution in [2.24, 2.45) is 0 Å². The van der Waals surface area contributed by atoms with Gasteiger partial charge in [0.2, 0.25) is 5.71 Å². The van der Waals surface area contributed by atoms with E-state index in [-0.39, 0.29) is 28.3 Å². The Balaban J connectivity index is 1.92. The summed E-state index contributed by atoms with van der Waals surface area (Å²) in [7, 11) is -2.35. The number of fused-ring (bicyclic) bond motifs is 1. The number of piperazine rings is 1. The van der Waals surface area contributed by atoms with Crippen LogP contribution in [0, 0.1) is 5.82 Å². The highest BCUT2D eigenvalue weighted by Gasteiger charge is 2.30. The molecular weight excluding hydrogens is 557 g/mol. The van der Waals surface area contributed by atoms with E-state index < -0.39 is 27.1 Å². The topological polar surface area (TPSA) is 106 Å². The first-order chi connectivity index (χ1) is 17.1. The third kappa shape index (κ3) is 4.45. The van der Waals surface area contributed by atoms with Crippen LogP contribution >= 0.6 is 15.9 Å². The minimum absolute atomic E-state index is 0.110. The van der Waals surface area contributed by atoms with Crippen molar-refractivity contribution >= 4 is 48.2 Å². The maximum absolute atomic E-state index is 13.9. The lowest BCUT2D eigenvalue weighted by molar-refractivity contribution is 0.148. The van der Waals surface area contributed by atoms with E-state index >= 15 is 0 Å². The number of halogens is 2. The quantitative estimate of drug-likeness (QED) is 0.364. The Bertz CT molecular complexity index is 1720. The molecule has 0 saturated carbocycles. The third-order valence-electron chi connectivity index (χ3n) is 6.14. The van der Waals surface area contributed by atoms with Gasteiger partial charge in [-0.3, -0.25) is 4.90 Å². The normalized spacial score (nSPS) is 15.5. The van der Waals surface area contributed by atoms with Crippen LogP contribution in [-0.2, 0) is 16.6 Å². The molecular formula is C24H21BrFN3O6S. The van der Waals surface area contributed by atoms with Crippen molar-refractivity contribution in [1.82, 2.24) is 13.8 Å². The molecule has 9 nitrogen and oxygen atoms in total. The van der Waals surface area contributed by atoms with Gasteiger partial charge in [0.15, 0.2) is 5.58 Å². The number of benzene rings is 2. The van der Waals surface area contributed by atoms with Crippen LogP contribution in [0.2, 0.25) is 0 Å². The second-order valence-electron chi connectivity index (χ2n) is 8.53. The zero-order valence-electron chi connectivity index (χ0n) is 19.1. The molecule has 0 radical (unpaired) electrons. The summed E-state index contributed by atoms with van der Waals surface area (Å²) in [5.74, 6) is -0.595. The van der Waals surface area contributed by atoms with E-state index in [1.165, 1.54) is 6.07 Å². The Hall–Kier alpha value is -3.06. The summed E-state index contributed by atoms with van der Waals surface area (Å²) in [4.78, 5) is 29.1. The third-order valence-corrected chi connectivity index (χ3v) is 8.47. The fourth-order valence-corrected chi connectivity index (χ4v) is 6.16. The van der Waals surface area contributed by atoms with Crippen molar-refractivity contribution < 1.29 is 21.6 Å². The maximum Gasteiger partial charge on any atom is 0.337 e. The van der Waals surface area contributed by atoms with E-state index in [1.54, 1.807) is 6.07 Å². The van der Waals surface area contributed by atoms with Gasteiger partial charge in [-0.1, -0.05) is 0 Å². The monoisotopic (exact) mass is 577 g/mol. The summed E-state index contributed by atoms with van der Waals surface area (Å²) in [6.45, 7) is 3.24. The molecule has 0 amide bonds. The van der Waals surface area contributed by atoms with Crippen molar-refractivity contribution in [2.45, 2.75) is 11.4 Å². The van der Waals surface area contributed by atoms with E-state index in [1.807, 2.05) is 7.05 Å². The fraction of sp³-hybridized carbons (Fsp3) is 0.250. The van der Waals surface area contributed by atoms with E-state index in [0.29, 0.717) is 28.5 Å². The highest BCUT2D eigenvalue weighted by Crippen LogP contribution is 2.37. The minimum Gasteiger partial charge on any atom is -0.421 e. The molecule has 4 aromatic rings. The van der Waals surface area contributed by atoms with Gasteiger partial charge in [-0.25, -0.2) is 26.4 Å². The van der Waals surface area contributed by atoms with Crippen LogP contribution in [0.3, 0.4) is 0 Å². The van der Waals surface area contributed by atoms with E-state index in [2.05, 4.69) is 25.7 Å². The van der Waals surface area contributed by atoms with Gasteiger partial charge in [-0.2, -0.15) is 0 Å². The molecule has 0 N–H and O–H groups in total. The van der Waals surface area contributed by atoms with E-state index in [4.69, 9.17) is 8.83 Å². The first-order valence-corrected chi connectivity index (χ1v) is 13.3. The molecule has 36 heavy (non-hydrogen) atoms. The molecule has 1 saturated heterocycles. The predicted molar refractivity (Wildman–Crippen MR) is 135 cm³/mol. The van der Waals surface area contributed by atoms with Crippen molar-refractivity contribution in [2.75, 3.05) is 33.2 Å². The SMILES string of the molecule is CN1CCN(Cc2c3c4oc(=O)ccc(=O)oc2n(S(=O)(=O)c2ccc(F)cc2)c3ccc4Br)CC1. The van der Waals surface area contributed by atoms with Crippen LogP contribution in [0.5, 0.6) is 0 Å². The highest BCUT2D eigenvalue weighted by atomic mass is 79.9. The molecule has 2 aromatic carbocycles. The molecule has 0 atom stereocenters. The van der Waals surface area contributed by atoms with Crippen molar-refractivity contribution in [3.05, 3.63) is 85.2 Å². The molecule has 0 unspecified atom stereocenters. The molecule has 5 rings (SSSR count). The van der Waals surface area contributed by atoms with E-state index in [0.717, 1.165) is 53.5 Å². The Morgan fingerprint density at radius 3 is 2.22 bits per heavy atom. The molecule has 12 heteroatoms. The van der Waals surface area contributed by atoms with Crippen LogP contribution in [0.15, 0.2) is 76.3 Å². The molecule has 1 aliphatic rings. The first kappa shape index (κ1) is 24.6. The summed E-state index contributed by atoms with van der Waals surface area (Å²) in [5, 5.41) is 0.320. The average Bonchev–Trinajstić information content (AvgIpc) is 3.14. The predicted octanol–water partition coefficient (Wildman–Crippen LogP) is 3.15. The number of hydrogen-bond donors (Lipinski definition) is 0. The molecule has 2 aromatic heterocycles. The highest BCUT2D eigenvalue weighted by molar-refractivity contribution is 9.10. The van der Waals surface area contributed by atoms with Gasteiger partial charge in [0.05, 0.1) is 20.3 Å². The number of aromatic nitrogens is 1. The van der Waals surface area contributed by atoms with Crippen LogP contribution in [0.25, 0.3) is 22.2 Å². The van der Waals surface area contributed by atoms with Crippen molar-refractivity contribution in [3.63, 3.8) is 0 Å². The summed E-state index contributed by atoms with van der Waals surface area (Å²) in [6, 6.07) is 9.23. The summed E-state index contributed by atoms with van der Waals surface area (Å²) in [6.07, 6.45) is 0. The summed E-state index contributed by atoms with van der Waals surface area (Å²) >= 11 is 3.40. The van der Waals surface area contributed by atoms with Crippen LogP contribution in [0.1, 0.15) is 5.56 Å². The van der Waals surface area contributed by atoms with E-state index in [9.17, 15) is 22.4 Å². The van der Waals surface area contributed by atoms with Crippen LogP contribution in [-0.4, -0.2) is 55.4 Å². The first-order valence-electron chi connectivity index (χ1n) is 11.0. The van der Waals surface area contributed by atoms with Gasteiger partial charge in [0, 0.05) is 50.4 Å². The van der Waals surface area contributed by atoms with Gasteiger partial charge in [-0.15, -0.1) is 0 Å². The Labute approximate surface area is 213 Å². The Morgan fingerprint density at radius 1 is 0.917 bits per heavy atom. The second-order valence-corrected chi connectivity index (χ2v) is 11.2. The van der Waals surface area contributed by atoms with Crippen LogP contribution < -0.4 is 11.3 Å². The van der Waals surface area contributed by atoms with Gasteiger partial charge >= 0.3 is 11.3 Å². The molecule has 2 bridgehead atoms. The maximum atomic E-state index is 13.9. The number of rotatable bonds is 4. The standard InChI is InChI=1S/C24H21BrFN3O6S/c1-27-10-12-28(13-11-27)14-17-22-19-7-6-18(25)23(22)34-20(30)8-9-21(31)35-24(17)29(19)36(32,33)16-4-2-15(26)3-5-16/h2-9H,10-14H2,1H3. The molecule has 0 spiro atoms. The summed E-state index contributed by atoms with van der Waals surface area (Å²) in [5.41, 5.74) is -1.32.